The van der Waals surface area contributed by atoms with Crippen molar-refractivity contribution < 1.29 is 23.9 Å². The third-order valence-corrected chi connectivity index (χ3v) is 4.15. The summed E-state index contributed by atoms with van der Waals surface area (Å²) in [5.74, 6) is 1.40. The Morgan fingerprint density at radius 3 is 2.60 bits per heavy atom. The summed E-state index contributed by atoms with van der Waals surface area (Å²) in [6.45, 7) is 1.02. The largest absolute Gasteiger partial charge is 0.493 e. The van der Waals surface area contributed by atoms with E-state index in [0.717, 1.165) is 24.8 Å². The molecule has 9 nitrogen and oxygen atoms in total. The van der Waals surface area contributed by atoms with Gasteiger partial charge in [0.25, 0.3) is 5.69 Å². The molecule has 1 N–H and O–H groups in total. The zero-order chi connectivity index (χ0) is 21.8. The van der Waals surface area contributed by atoms with Gasteiger partial charge in [-0.2, -0.15) is 0 Å². The number of aromatic nitrogens is 1. The van der Waals surface area contributed by atoms with Crippen LogP contribution in [0.1, 0.15) is 24.8 Å². The van der Waals surface area contributed by atoms with Crippen LogP contribution in [0.25, 0.3) is 6.08 Å². The monoisotopic (exact) mass is 415 g/mol. The first kappa shape index (κ1) is 22.7. The molecule has 160 valence electrons. The zero-order valence-electron chi connectivity index (χ0n) is 17.0. The average Bonchev–Trinajstić information content (AvgIpc) is 2.77. The number of benzene rings is 1. The maximum atomic E-state index is 11.8. The molecule has 0 spiro atoms. The first-order valence-electron chi connectivity index (χ1n) is 9.44. The van der Waals surface area contributed by atoms with Gasteiger partial charge in [0.1, 0.15) is 12.0 Å². The minimum Gasteiger partial charge on any atom is -0.493 e. The molecule has 0 unspecified atom stereocenters. The van der Waals surface area contributed by atoms with Gasteiger partial charge in [0.15, 0.2) is 11.5 Å². The van der Waals surface area contributed by atoms with E-state index in [9.17, 15) is 14.9 Å². The van der Waals surface area contributed by atoms with E-state index in [2.05, 4.69) is 10.3 Å². The number of nitrogens with one attached hydrogen (secondary N) is 1. The van der Waals surface area contributed by atoms with Gasteiger partial charge in [-0.25, -0.2) is 9.78 Å². The SMILES string of the molecule is COc1ccc(/C=C/C(=O)OCCCCCNc2ccc([N+](=O)[O-])cn2)cc1OC. The molecule has 0 aliphatic carbocycles. The molecule has 1 heterocycles. The van der Waals surface area contributed by atoms with Gasteiger partial charge in [0.05, 0.1) is 25.7 Å². The Morgan fingerprint density at radius 1 is 1.13 bits per heavy atom. The molecule has 0 bridgehead atoms. The van der Waals surface area contributed by atoms with Crippen LogP contribution in [0, 0.1) is 10.1 Å². The van der Waals surface area contributed by atoms with E-state index in [-0.39, 0.29) is 5.69 Å². The van der Waals surface area contributed by atoms with E-state index in [1.807, 2.05) is 6.07 Å². The number of ether oxygens (including phenoxy) is 3. The minimum atomic E-state index is -0.485. The third-order valence-electron chi connectivity index (χ3n) is 4.15. The summed E-state index contributed by atoms with van der Waals surface area (Å²) in [6.07, 6.45) is 6.72. The van der Waals surface area contributed by atoms with Crippen molar-refractivity contribution in [3.63, 3.8) is 0 Å². The van der Waals surface area contributed by atoms with Crippen LogP contribution in [-0.4, -0.2) is 43.2 Å². The van der Waals surface area contributed by atoms with Gasteiger partial charge in [-0.15, -0.1) is 0 Å². The van der Waals surface area contributed by atoms with Gasteiger partial charge in [-0.1, -0.05) is 6.07 Å². The van der Waals surface area contributed by atoms with Crippen molar-refractivity contribution in [3.8, 4) is 11.5 Å². The lowest BCUT2D eigenvalue weighted by Crippen LogP contribution is -2.05. The third kappa shape index (κ3) is 7.42. The number of carbonyl (C=O) groups is 1. The standard InChI is InChI=1S/C21H25N3O6/c1-28-18-9-6-16(14-19(18)29-2)7-11-21(25)30-13-5-3-4-12-22-20-10-8-17(15-23-20)24(26)27/h6-11,14-15H,3-5,12-13H2,1-2H3,(H,22,23)/b11-7+. The Bertz CT molecular complexity index is 868. The topological polar surface area (TPSA) is 113 Å². The maximum absolute atomic E-state index is 11.8. The summed E-state index contributed by atoms with van der Waals surface area (Å²) in [7, 11) is 3.12. The number of carbonyl (C=O) groups excluding carboxylic acids is 1. The van der Waals surface area contributed by atoms with E-state index in [1.54, 1.807) is 38.5 Å². The molecule has 0 amide bonds. The Morgan fingerprint density at radius 2 is 1.93 bits per heavy atom. The Kier molecular flexibility index (Phi) is 9.11. The van der Waals surface area contributed by atoms with Gasteiger partial charge in [-0.3, -0.25) is 10.1 Å². The Balaban J connectivity index is 1.61. The molecule has 1 aromatic carbocycles. The fourth-order valence-electron chi connectivity index (χ4n) is 2.56. The molecule has 2 rings (SSSR count). The maximum Gasteiger partial charge on any atom is 0.330 e. The van der Waals surface area contributed by atoms with Crippen LogP contribution in [0.5, 0.6) is 11.5 Å². The van der Waals surface area contributed by atoms with Crippen LogP contribution in [-0.2, 0) is 9.53 Å². The number of hydrogen-bond acceptors (Lipinski definition) is 8. The molecule has 2 aromatic rings. The number of esters is 1. The second-order valence-electron chi connectivity index (χ2n) is 6.26. The first-order valence-corrected chi connectivity index (χ1v) is 9.44. The molecule has 9 heteroatoms. The van der Waals surface area contributed by atoms with Crippen LogP contribution in [0.2, 0.25) is 0 Å². The number of pyridine rings is 1. The molecule has 0 aliphatic rings. The molecular weight excluding hydrogens is 390 g/mol. The van der Waals surface area contributed by atoms with Crippen molar-refractivity contribution in [1.29, 1.82) is 0 Å². The second kappa shape index (κ2) is 12.1. The predicted molar refractivity (Wildman–Crippen MR) is 113 cm³/mol. The van der Waals surface area contributed by atoms with Gasteiger partial charge < -0.3 is 19.5 Å². The van der Waals surface area contributed by atoms with Crippen molar-refractivity contribution in [1.82, 2.24) is 4.98 Å². The molecule has 0 saturated heterocycles. The van der Waals surface area contributed by atoms with Crippen molar-refractivity contribution in [2.45, 2.75) is 19.3 Å². The van der Waals surface area contributed by atoms with Gasteiger partial charge in [0, 0.05) is 18.7 Å². The normalized spacial score (nSPS) is 10.6. The highest BCUT2D eigenvalue weighted by atomic mass is 16.6. The number of nitrogens with zero attached hydrogens (tertiary/aromatic N) is 2. The number of methoxy groups -OCH3 is 2. The summed E-state index contributed by atoms with van der Waals surface area (Å²) in [5.41, 5.74) is 0.762. The molecule has 1 aromatic heterocycles. The summed E-state index contributed by atoms with van der Waals surface area (Å²) in [4.78, 5) is 25.9. The molecule has 30 heavy (non-hydrogen) atoms. The average molecular weight is 415 g/mol. The molecule has 0 aliphatic heterocycles. The van der Waals surface area contributed by atoms with Crippen molar-refractivity contribution in [2.75, 3.05) is 32.7 Å². The van der Waals surface area contributed by atoms with Crippen LogP contribution in [0.4, 0.5) is 11.5 Å². The highest BCUT2D eigenvalue weighted by molar-refractivity contribution is 5.87. The summed E-state index contributed by atoms with van der Waals surface area (Å²) in [5, 5.41) is 13.7. The van der Waals surface area contributed by atoms with E-state index in [1.165, 1.54) is 18.3 Å². The lowest BCUT2D eigenvalue weighted by atomic mass is 10.2. The second-order valence-corrected chi connectivity index (χ2v) is 6.26. The predicted octanol–water partition coefficient (Wildman–Crippen LogP) is 3.85. The summed E-state index contributed by atoms with van der Waals surface area (Å²) in [6, 6.07) is 8.34. The fraction of sp³-hybridized carbons (Fsp3) is 0.333. The lowest BCUT2D eigenvalue weighted by molar-refractivity contribution is -0.385. The van der Waals surface area contributed by atoms with Gasteiger partial charge in [-0.05, 0) is 49.1 Å². The number of hydrogen-bond donors (Lipinski definition) is 1. The van der Waals surface area contributed by atoms with E-state index in [4.69, 9.17) is 14.2 Å². The Labute approximate surface area is 174 Å². The molecule has 0 saturated carbocycles. The van der Waals surface area contributed by atoms with E-state index < -0.39 is 10.9 Å². The molecule has 0 radical (unpaired) electrons. The summed E-state index contributed by atoms with van der Waals surface area (Å²) < 4.78 is 15.6. The van der Waals surface area contributed by atoms with Gasteiger partial charge in [0.2, 0.25) is 0 Å². The fourth-order valence-corrected chi connectivity index (χ4v) is 2.56. The van der Waals surface area contributed by atoms with Crippen LogP contribution in [0.3, 0.4) is 0 Å². The molecular formula is C21H25N3O6. The smallest absolute Gasteiger partial charge is 0.330 e. The molecule has 0 atom stereocenters. The first-order chi connectivity index (χ1) is 14.5. The lowest BCUT2D eigenvalue weighted by Gasteiger charge is -2.07. The number of anilines is 1. The molecule has 0 fully saturated rings. The van der Waals surface area contributed by atoms with E-state index in [0.29, 0.717) is 30.5 Å². The van der Waals surface area contributed by atoms with Crippen LogP contribution < -0.4 is 14.8 Å². The number of nitro groups is 1. The van der Waals surface area contributed by atoms with Crippen LogP contribution in [0.15, 0.2) is 42.6 Å². The zero-order valence-corrected chi connectivity index (χ0v) is 17.0. The van der Waals surface area contributed by atoms with E-state index >= 15 is 0 Å². The van der Waals surface area contributed by atoms with Crippen molar-refractivity contribution in [2.24, 2.45) is 0 Å². The van der Waals surface area contributed by atoms with Crippen LogP contribution >= 0.6 is 0 Å². The summed E-state index contributed by atoms with van der Waals surface area (Å²) >= 11 is 0. The highest BCUT2D eigenvalue weighted by Gasteiger charge is 2.05. The van der Waals surface area contributed by atoms with Crippen molar-refractivity contribution >= 4 is 23.6 Å². The van der Waals surface area contributed by atoms with Gasteiger partial charge >= 0.3 is 5.97 Å². The minimum absolute atomic E-state index is 0.0393. The number of unbranched alkanes of at least 4 members (excludes halogenated alkanes) is 2. The highest BCUT2D eigenvalue weighted by Crippen LogP contribution is 2.27. The Hall–Kier alpha value is -3.62. The quantitative estimate of drug-likeness (QED) is 0.183. The van der Waals surface area contributed by atoms with Crippen molar-refractivity contribution in [3.05, 3.63) is 58.3 Å². The number of rotatable bonds is 12.